The molecular weight excluding hydrogens is 270 g/mol. The zero-order valence-electron chi connectivity index (χ0n) is 11.1. The van der Waals surface area contributed by atoms with E-state index in [1.165, 1.54) is 0 Å². The number of hydrogen-bond acceptors (Lipinski definition) is 4. The van der Waals surface area contributed by atoms with Crippen molar-refractivity contribution in [2.45, 2.75) is 11.8 Å². The lowest BCUT2D eigenvalue weighted by Crippen LogP contribution is -2.25. The molecule has 1 aromatic heterocycles. The van der Waals surface area contributed by atoms with Gasteiger partial charge in [0.2, 0.25) is 12.5 Å². The van der Waals surface area contributed by atoms with Gasteiger partial charge in [0.1, 0.15) is 0 Å². The zero-order chi connectivity index (χ0) is 14.8. The average Bonchev–Trinajstić information content (AvgIpc) is 2.81. The van der Waals surface area contributed by atoms with Crippen LogP contribution >= 0.6 is 0 Å². The Morgan fingerprint density at radius 3 is 2.71 bits per heavy atom. The number of rotatable bonds is 4. The predicted octanol–water partition coefficient (Wildman–Crippen LogP) is 2.18. The second-order valence-corrected chi connectivity index (χ2v) is 4.93. The van der Waals surface area contributed by atoms with Gasteiger partial charge in [-0.2, -0.15) is 0 Å². The van der Waals surface area contributed by atoms with Gasteiger partial charge in [0.05, 0.1) is 17.5 Å². The fraction of sp³-hybridized carbons (Fsp3) is 0.200. The van der Waals surface area contributed by atoms with Gasteiger partial charge in [0.25, 0.3) is 0 Å². The molecule has 0 fully saturated rings. The third-order valence-electron chi connectivity index (χ3n) is 3.65. The number of aromatic nitrogens is 1. The third-order valence-corrected chi connectivity index (χ3v) is 3.65. The Kier molecular flexibility index (Phi) is 3.35. The van der Waals surface area contributed by atoms with Crippen LogP contribution in [0.2, 0.25) is 0 Å². The lowest BCUT2D eigenvalue weighted by Gasteiger charge is -2.18. The van der Waals surface area contributed by atoms with Gasteiger partial charge in [-0.3, -0.25) is 19.9 Å². The van der Waals surface area contributed by atoms with E-state index < -0.39 is 16.8 Å². The average molecular weight is 283 g/mol. The van der Waals surface area contributed by atoms with Gasteiger partial charge in [0, 0.05) is 16.8 Å². The van der Waals surface area contributed by atoms with Gasteiger partial charge in [-0.05, 0) is 23.8 Å². The lowest BCUT2D eigenvalue weighted by molar-refractivity contribution is -0.483. The minimum atomic E-state index is -0.582. The van der Waals surface area contributed by atoms with Crippen LogP contribution in [0.1, 0.15) is 23.1 Å². The minimum Gasteiger partial charge on any atom is -0.325 e. The van der Waals surface area contributed by atoms with E-state index in [-0.39, 0.29) is 12.5 Å². The molecule has 2 aromatic rings. The second kappa shape index (κ2) is 5.32. The number of nitrogens with zero attached hydrogens (tertiary/aromatic N) is 2. The molecule has 0 spiro atoms. The summed E-state index contributed by atoms with van der Waals surface area (Å²) in [7, 11) is 0. The van der Waals surface area contributed by atoms with Crippen molar-refractivity contribution in [3.05, 3.63) is 70.0 Å². The largest absolute Gasteiger partial charge is 0.325 e. The van der Waals surface area contributed by atoms with E-state index in [0.717, 1.165) is 11.3 Å². The molecule has 1 aliphatic rings. The first kappa shape index (κ1) is 13.2. The Bertz CT molecular complexity index is 688. The fourth-order valence-electron chi connectivity index (χ4n) is 2.76. The number of amides is 1. The van der Waals surface area contributed by atoms with Crippen molar-refractivity contribution in [2.75, 3.05) is 11.9 Å². The summed E-state index contributed by atoms with van der Waals surface area (Å²) in [5.74, 6) is -1.37. The number of para-hydroxylation sites is 1. The first-order valence-electron chi connectivity index (χ1n) is 6.59. The smallest absolute Gasteiger partial charge is 0.232 e. The molecule has 0 aliphatic carbocycles. The molecule has 1 aliphatic heterocycles. The van der Waals surface area contributed by atoms with Crippen molar-refractivity contribution >= 4 is 11.6 Å². The molecule has 3 rings (SSSR count). The number of carbonyl (C=O) groups excluding carboxylic acids is 1. The van der Waals surface area contributed by atoms with Gasteiger partial charge in [-0.1, -0.05) is 24.3 Å². The van der Waals surface area contributed by atoms with Crippen LogP contribution in [0.25, 0.3) is 0 Å². The number of hydrogen-bond donors (Lipinski definition) is 1. The molecule has 2 atom stereocenters. The molecule has 1 aromatic carbocycles. The number of anilines is 1. The molecule has 0 bridgehead atoms. The van der Waals surface area contributed by atoms with Crippen molar-refractivity contribution < 1.29 is 9.72 Å². The summed E-state index contributed by atoms with van der Waals surface area (Å²) in [4.78, 5) is 27.1. The standard InChI is InChI=1S/C15H13N3O3/c19-15-14(10-5-1-2-7-13(10)17-15)11(9-18(20)21)12-6-3-4-8-16-12/h1-8,11,14H,9H2,(H,17,19)/t11-,14+/m0/s1. The van der Waals surface area contributed by atoms with E-state index in [1.807, 2.05) is 18.2 Å². The lowest BCUT2D eigenvalue weighted by atomic mass is 9.84. The predicted molar refractivity (Wildman–Crippen MR) is 76.7 cm³/mol. The van der Waals surface area contributed by atoms with Crippen LogP contribution < -0.4 is 5.32 Å². The summed E-state index contributed by atoms with van der Waals surface area (Å²) in [6.45, 7) is -0.330. The summed E-state index contributed by atoms with van der Waals surface area (Å²) in [6.07, 6.45) is 1.58. The summed E-state index contributed by atoms with van der Waals surface area (Å²) >= 11 is 0. The molecule has 1 amide bonds. The van der Waals surface area contributed by atoms with Crippen LogP contribution in [0.4, 0.5) is 5.69 Å². The van der Waals surface area contributed by atoms with Gasteiger partial charge in [-0.15, -0.1) is 0 Å². The monoisotopic (exact) mass is 283 g/mol. The maximum Gasteiger partial charge on any atom is 0.232 e. The quantitative estimate of drug-likeness (QED) is 0.688. The first-order chi connectivity index (χ1) is 10.2. The minimum absolute atomic E-state index is 0.214. The summed E-state index contributed by atoms with van der Waals surface area (Å²) in [6, 6.07) is 12.5. The molecule has 0 unspecified atom stereocenters. The van der Waals surface area contributed by atoms with Crippen molar-refractivity contribution in [3.8, 4) is 0 Å². The van der Waals surface area contributed by atoms with E-state index >= 15 is 0 Å². The number of nitro groups is 1. The van der Waals surface area contributed by atoms with Gasteiger partial charge < -0.3 is 5.32 Å². The zero-order valence-corrected chi connectivity index (χ0v) is 11.1. The van der Waals surface area contributed by atoms with Crippen LogP contribution in [-0.4, -0.2) is 22.4 Å². The van der Waals surface area contributed by atoms with E-state index in [1.54, 1.807) is 30.5 Å². The van der Waals surface area contributed by atoms with Gasteiger partial charge in [0.15, 0.2) is 0 Å². The summed E-state index contributed by atoms with van der Waals surface area (Å²) < 4.78 is 0. The molecule has 6 heteroatoms. The molecular formula is C15H13N3O3. The first-order valence-corrected chi connectivity index (χ1v) is 6.59. The van der Waals surface area contributed by atoms with E-state index in [9.17, 15) is 14.9 Å². The molecule has 0 radical (unpaired) electrons. The Morgan fingerprint density at radius 1 is 1.24 bits per heavy atom. The van der Waals surface area contributed by atoms with Crippen molar-refractivity contribution in [1.29, 1.82) is 0 Å². The SMILES string of the molecule is O=C1Nc2ccccc2[C@@H]1[C@@H](C[N+](=O)[O-])c1ccccn1. The van der Waals surface area contributed by atoms with E-state index in [2.05, 4.69) is 10.3 Å². The van der Waals surface area contributed by atoms with Crippen molar-refractivity contribution in [1.82, 2.24) is 4.98 Å². The normalized spacial score (nSPS) is 17.9. The van der Waals surface area contributed by atoms with E-state index in [4.69, 9.17) is 0 Å². The third kappa shape index (κ3) is 2.47. The summed E-state index contributed by atoms with van der Waals surface area (Å²) in [5, 5.41) is 13.8. The van der Waals surface area contributed by atoms with Crippen LogP contribution in [-0.2, 0) is 4.79 Å². The highest BCUT2D eigenvalue weighted by Gasteiger charge is 2.40. The van der Waals surface area contributed by atoms with Crippen LogP contribution in [0.15, 0.2) is 48.7 Å². The molecule has 6 nitrogen and oxygen atoms in total. The number of benzene rings is 1. The number of carbonyl (C=O) groups is 1. The second-order valence-electron chi connectivity index (χ2n) is 4.93. The van der Waals surface area contributed by atoms with Crippen LogP contribution in [0.3, 0.4) is 0 Å². The van der Waals surface area contributed by atoms with Gasteiger partial charge >= 0.3 is 0 Å². The maximum absolute atomic E-state index is 12.3. The molecule has 1 N–H and O–H groups in total. The molecule has 21 heavy (non-hydrogen) atoms. The Labute approximate surface area is 121 Å². The Balaban J connectivity index is 2.05. The highest BCUT2D eigenvalue weighted by atomic mass is 16.6. The Hall–Kier alpha value is -2.76. The molecule has 106 valence electrons. The highest BCUT2D eigenvalue weighted by molar-refractivity contribution is 6.03. The fourth-order valence-corrected chi connectivity index (χ4v) is 2.76. The van der Waals surface area contributed by atoms with Gasteiger partial charge in [-0.25, -0.2) is 0 Å². The van der Waals surface area contributed by atoms with Crippen LogP contribution in [0, 0.1) is 10.1 Å². The molecule has 2 heterocycles. The number of nitrogens with one attached hydrogen (secondary N) is 1. The number of pyridine rings is 1. The molecule has 0 saturated carbocycles. The summed E-state index contributed by atoms with van der Waals surface area (Å²) in [5.41, 5.74) is 2.07. The number of fused-ring (bicyclic) bond motifs is 1. The highest BCUT2D eigenvalue weighted by Crippen LogP contribution is 2.41. The maximum atomic E-state index is 12.3. The van der Waals surface area contributed by atoms with Crippen molar-refractivity contribution in [2.24, 2.45) is 0 Å². The topological polar surface area (TPSA) is 85.1 Å². The van der Waals surface area contributed by atoms with Crippen LogP contribution in [0.5, 0.6) is 0 Å². The van der Waals surface area contributed by atoms with Crippen molar-refractivity contribution in [3.63, 3.8) is 0 Å². The molecule has 0 saturated heterocycles. The van der Waals surface area contributed by atoms with E-state index in [0.29, 0.717) is 5.69 Å². The Morgan fingerprint density at radius 2 is 2.00 bits per heavy atom.